The van der Waals surface area contributed by atoms with E-state index in [2.05, 4.69) is 10.3 Å². The number of hydrogen-bond donors (Lipinski definition) is 1. The van der Waals surface area contributed by atoms with E-state index >= 15 is 0 Å². The van der Waals surface area contributed by atoms with Crippen LogP contribution in [-0.4, -0.2) is 10.9 Å². The van der Waals surface area contributed by atoms with Gasteiger partial charge < -0.3 is 5.32 Å². The molecule has 1 amide bonds. The van der Waals surface area contributed by atoms with Crippen molar-refractivity contribution in [2.75, 3.05) is 5.32 Å². The fraction of sp³-hybridized carbons (Fsp3) is 0.143. The number of carbonyl (C=O) groups excluding carboxylic acids is 1. The van der Waals surface area contributed by atoms with Gasteiger partial charge in [-0.25, -0.2) is 4.98 Å². The SMILES string of the molecule is CC(=O)Nc1ccc(Cl)nc1F. The van der Waals surface area contributed by atoms with E-state index in [0.717, 1.165) is 0 Å². The summed E-state index contributed by atoms with van der Waals surface area (Å²) >= 11 is 5.39. The van der Waals surface area contributed by atoms with E-state index in [9.17, 15) is 9.18 Å². The zero-order valence-electron chi connectivity index (χ0n) is 6.27. The molecule has 0 fully saturated rings. The summed E-state index contributed by atoms with van der Waals surface area (Å²) in [6.07, 6.45) is 0. The van der Waals surface area contributed by atoms with Crippen LogP contribution in [0.15, 0.2) is 12.1 Å². The first-order valence-electron chi connectivity index (χ1n) is 3.19. The number of carbonyl (C=O) groups is 1. The Bertz CT molecular complexity index is 316. The van der Waals surface area contributed by atoms with Crippen molar-refractivity contribution in [1.82, 2.24) is 4.98 Å². The molecular weight excluding hydrogens is 183 g/mol. The molecule has 0 unspecified atom stereocenters. The van der Waals surface area contributed by atoms with E-state index in [0.29, 0.717) is 0 Å². The molecule has 64 valence electrons. The summed E-state index contributed by atoms with van der Waals surface area (Å²) < 4.78 is 12.8. The highest BCUT2D eigenvalue weighted by Crippen LogP contribution is 2.14. The van der Waals surface area contributed by atoms with Crippen LogP contribution in [0, 0.1) is 5.95 Å². The van der Waals surface area contributed by atoms with Crippen molar-refractivity contribution in [2.45, 2.75) is 6.92 Å². The first-order valence-corrected chi connectivity index (χ1v) is 3.57. The quantitative estimate of drug-likeness (QED) is 0.684. The number of nitrogens with zero attached hydrogens (tertiary/aromatic N) is 1. The molecule has 5 heteroatoms. The lowest BCUT2D eigenvalue weighted by Crippen LogP contribution is -2.08. The van der Waals surface area contributed by atoms with Crippen LogP contribution >= 0.6 is 11.6 Å². The maximum Gasteiger partial charge on any atom is 0.238 e. The number of hydrogen-bond acceptors (Lipinski definition) is 2. The van der Waals surface area contributed by atoms with Crippen molar-refractivity contribution in [2.24, 2.45) is 0 Å². The summed E-state index contributed by atoms with van der Waals surface area (Å²) in [5, 5.41) is 2.32. The minimum Gasteiger partial charge on any atom is -0.322 e. The number of halogens is 2. The van der Waals surface area contributed by atoms with Crippen molar-refractivity contribution in [3.8, 4) is 0 Å². The van der Waals surface area contributed by atoms with Gasteiger partial charge in [-0.2, -0.15) is 4.39 Å². The lowest BCUT2D eigenvalue weighted by molar-refractivity contribution is -0.114. The van der Waals surface area contributed by atoms with Crippen molar-refractivity contribution in [1.29, 1.82) is 0 Å². The Morgan fingerprint density at radius 2 is 2.33 bits per heavy atom. The predicted octanol–water partition coefficient (Wildman–Crippen LogP) is 1.83. The first-order chi connectivity index (χ1) is 5.59. The second-order valence-corrected chi connectivity index (χ2v) is 2.54. The Kier molecular flexibility index (Phi) is 2.60. The molecule has 0 atom stereocenters. The van der Waals surface area contributed by atoms with E-state index in [1.165, 1.54) is 19.1 Å². The third-order valence-corrected chi connectivity index (χ3v) is 1.34. The summed E-state index contributed by atoms with van der Waals surface area (Å²) in [5.74, 6) is -1.13. The fourth-order valence-electron chi connectivity index (χ4n) is 0.695. The fourth-order valence-corrected chi connectivity index (χ4v) is 0.832. The highest BCUT2D eigenvalue weighted by atomic mass is 35.5. The number of nitrogens with one attached hydrogen (secondary N) is 1. The van der Waals surface area contributed by atoms with Crippen LogP contribution in [-0.2, 0) is 4.79 Å². The van der Waals surface area contributed by atoms with Gasteiger partial charge in [-0.15, -0.1) is 0 Å². The number of aromatic nitrogens is 1. The van der Waals surface area contributed by atoms with Crippen molar-refractivity contribution in [3.05, 3.63) is 23.2 Å². The third-order valence-electron chi connectivity index (χ3n) is 1.13. The van der Waals surface area contributed by atoms with Crippen LogP contribution < -0.4 is 5.32 Å². The maximum atomic E-state index is 12.8. The highest BCUT2D eigenvalue weighted by Gasteiger charge is 2.04. The number of anilines is 1. The molecule has 0 aliphatic carbocycles. The third kappa shape index (κ3) is 2.17. The molecule has 0 aromatic carbocycles. The van der Waals surface area contributed by atoms with Crippen LogP contribution in [0.3, 0.4) is 0 Å². The Morgan fingerprint density at radius 1 is 1.67 bits per heavy atom. The average Bonchev–Trinajstić information content (AvgIpc) is 1.94. The maximum absolute atomic E-state index is 12.8. The standard InChI is InChI=1S/C7H6ClFN2O/c1-4(12)10-5-2-3-6(8)11-7(5)9/h2-3H,1H3,(H,10,12). The van der Waals surface area contributed by atoms with Gasteiger partial charge in [-0.05, 0) is 12.1 Å². The Hall–Kier alpha value is -1.16. The molecule has 0 aliphatic rings. The van der Waals surface area contributed by atoms with E-state index in [-0.39, 0.29) is 16.7 Å². The topological polar surface area (TPSA) is 42.0 Å². The van der Waals surface area contributed by atoms with Crippen LogP contribution in [0.1, 0.15) is 6.92 Å². The van der Waals surface area contributed by atoms with Crippen LogP contribution in [0.5, 0.6) is 0 Å². The molecule has 12 heavy (non-hydrogen) atoms. The molecule has 0 aliphatic heterocycles. The molecule has 0 radical (unpaired) electrons. The number of amides is 1. The van der Waals surface area contributed by atoms with E-state index < -0.39 is 5.95 Å². The Morgan fingerprint density at radius 3 is 2.83 bits per heavy atom. The molecule has 0 bridgehead atoms. The average molecular weight is 189 g/mol. The molecule has 0 saturated heterocycles. The van der Waals surface area contributed by atoms with Crippen LogP contribution in [0.4, 0.5) is 10.1 Å². The summed E-state index contributed by atoms with van der Waals surface area (Å²) in [6.45, 7) is 1.29. The molecule has 3 nitrogen and oxygen atoms in total. The van der Waals surface area contributed by atoms with Gasteiger partial charge in [0.2, 0.25) is 11.9 Å². The predicted molar refractivity (Wildman–Crippen MR) is 43.5 cm³/mol. The molecule has 1 rings (SSSR count). The minimum absolute atomic E-state index is 0.0342. The molecular formula is C7H6ClFN2O. The van der Waals surface area contributed by atoms with Crippen molar-refractivity contribution < 1.29 is 9.18 Å². The van der Waals surface area contributed by atoms with E-state index in [4.69, 9.17) is 11.6 Å². The van der Waals surface area contributed by atoms with Crippen molar-refractivity contribution >= 4 is 23.2 Å². The summed E-state index contributed by atoms with van der Waals surface area (Å²) in [7, 11) is 0. The summed E-state index contributed by atoms with van der Waals surface area (Å²) in [4.78, 5) is 13.8. The molecule has 1 N–H and O–H groups in total. The summed E-state index contributed by atoms with van der Waals surface area (Å²) in [5.41, 5.74) is 0.0342. The molecule has 0 saturated carbocycles. The molecule has 1 aromatic heterocycles. The molecule has 1 aromatic rings. The molecule has 0 spiro atoms. The van der Waals surface area contributed by atoms with Gasteiger partial charge in [0, 0.05) is 6.92 Å². The monoisotopic (exact) mass is 188 g/mol. The van der Waals surface area contributed by atoms with Gasteiger partial charge in [0.25, 0.3) is 0 Å². The smallest absolute Gasteiger partial charge is 0.238 e. The second-order valence-electron chi connectivity index (χ2n) is 2.15. The number of pyridine rings is 1. The van der Waals surface area contributed by atoms with Crippen LogP contribution in [0.25, 0.3) is 0 Å². The second kappa shape index (κ2) is 3.49. The number of rotatable bonds is 1. The van der Waals surface area contributed by atoms with Gasteiger partial charge >= 0.3 is 0 Å². The lowest BCUT2D eigenvalue weighted by Gasteiger charge is -2.01. The first kappa shape index (κ1) is 8.93. The van der Waals surface area contributed by atoms with Gasteiger partial charge in [-0.3, -0.25) is 4.79 Å². The Labute approximate surface area is 73.6 Å². The van der Waals surface area contributed by atoms with Crippen molar-refractivity contribution in [3.63, 3.8) is 0 Å². The largest absolute Gasteiger partial charge is 0.322 e. The minimum atomic E-state index is -0.780. The lowest BCUT2D eigenvalue weighted by atomic mass is 10.4. The van der Waals surface area contributed by atoms with Gasteiger partial charge in [0.15, 0.2) is 0 Å². The molecule has 1 heterocycles. The van der Waals surface area contributed by atoms with Gasteiger partial charge in [0.1, 0.15) is 5.15 Å². The normalized spacial score (nSPS) is 9.58. The van der Waals surface area contributed by atoms with Gasteiger partial charge in [0.05, 0.1) is 5.69 Å². The highest BCUT2D eigenvalue weighted by molar-refractivity contribution is 6.29. The van der Waals surface area contributed by atoms with E-state index in [1.54, 1.807) is 0 Å². The zero-order chi connectivity index (χ0) is 9.14. The van der Waals surface area contributed by atoms with Crippen LogP contribution in [0.2, 0.25) is 5.15 Å². The van der Waals surface area contributed by atoms with Gasteiger partial charge in [-0.1, -0.05) is 11.6 Å². The zero-order valence-corrected chi connectivity index (χ0v) is 7.02. The van der Waals surface area contributed by atoms with E-state index in [1.807, 2.05) is 0 Å². The summed E-state index contributed by atoms with van der Waals surface area (Å²) in [6, 6.07) is 2.75. The Balaban J connectivity index is 2.93.